The summed E-state index contributed by atoms with van der Waals surface area (Å²) >= 11 is 6.94. The number of urea groups is 1. The molecular formula is C27H20Br2N2O2. The van der Waals surface area contributed by atoms with Crippen LogP contribution in [0.4, 0.5) is 16.2 Å². The summed E-state index contributed by atoms with van der Waals surface area (Å²) < 4.78 is 1.81. The number of rotatable bonds is 4. The molecule has 6 heteroatoms. The molecule has 0 spiro atoms. The van der Waals surface area contributed by atoms with Gasteiger partial charge in [-0.3, -0.25) is 9.80 Å². The summed E-state index contributed by atoms with van der Waals surface area (Å²) in [6.45, 7) is 0. The molecule has 5 rings (SSSR count). The van der Waals surface area contributed by atoms with E-state index in [2.05, 4.69) is 31.9 Å². The maximum atomic E-state index is 14.1. The zero-order valence-corrected chi connectivity index (χ0v) is 20.6. The van der Waals surface area contributed by atoms with E-state index in [1.807, 2.05) is 109 Å². The molecule has 1 saturated heterocycles. The standard InChI is InChI=1S/C27H20Br2N2O2/c28-21-11-15-23(16-12-21)30-25(19-7-3-1-4-8-19)27(33,20-9-5-2-6-10-20)31(26(30)32)24-17-13-22(29)14-18-24/h1-18,25,33H. The molecule has 33 heavy (non-hydrogen) atoms. The zero-order chi connectivity index (χ0) is 23.0. The molecular weight excluding hydrogens is 544 g/mol. The third kappa shape index (κ3) is 3.78. The second-order valence-corrected chi connectivity index (χ2v) is 9.68. The molecule has 0 aromatic heterocycles. The number of halogens is 2. The number of carbonyl (C=O) groups excluding carboxylic acids is 1. The summed E-state index contributed by atoms with van der Waals surface area (Å²) in [5.74, 6) is 0. The van der Waals surface area contributed by atoms with Crippen LogP contribution in [-0.4, -0.2) is 11.1 Å². The fourth-order valence-electron chi connectivity index (χ4n) is 4.41. The van der Waals surface area contributed by atoms with Crippen LogP contribution in [0.2, 0.25) is 0 Å². The number of nitrogens with zero attached hydrogens (tertiary/aromatic N) is 2. The summed E-state index contributed by atoms with van der Waals surface area (Å²) in [7, 11) is 0. The highest BCUT2D eigenvalue weighted by molar-refractivity contribution is 9.10. The van der Waals surface area contributed by atoms with Gasteiger partial charge in [0.05, 0.1) is 0 Å². The smallest absolute Gasteiger partial charge is 0.332 e. The Kier molecular flexibility index (Phi) is 5.83. The van der Waals surface area contributed by atoms with Gasteiger partial charge in [0, 0.05) is 25.9 Å². The Hall–Kier alpha value is -2.93. The van der Waals surface area contributed by atoms with Gasteiger partial charge in [0.2, 0.25) is 0 Å². The second-order valence-electron chi connectivity index (χ2n) is 7.85. The van der Waals surface area contributed by atoms with E-state index in [1.54, 1.807) is 4.90 Å². The Morgan fingerprint density at radius 1 is 0.667 bits per heavy atom. The number of hydrogen-bond donors (Lipinski definition) is 1. The number of amides is 2. The molecule has 4 aromatic carbocycles. The van der Waals surface area contributed by atoms with Crippen LogP contribution in [0.25, 0.3) is 0 Å². The van der Waals surface area contributed by atoms with Gasteiger partial charge in [0.15, 0.2) is 5.72 Å². The van der Waals surface area contributed by atoms with Gasteiger partial charge in [-0.15, -0.1) is 0 Å². The fraction of sp³-hybridized carbons (Fsp3) is 0.0741. The number of benzene rings is 4. The van der Waals surface area contributed by atoms with Gasteiger partial charge in [-0.25, -0.2) is 4.79 Å². The minimum atomic E-state index is -1.65. The van der Waals surface area contributed by atoms with Crippen molar-refractivity contribution in [3.8, 4) is 0 Å². The predicted molar refractivity (Wildman–Crippen MR) is 138 cm³/mol. The Morgan fingerprint density at radius 2 is 1.15 bits per heavy atom. The first-order valence-electron chi connectivity index (χ1n) is 10.5. The summed E-state index contributed by atoms with van der Waals surface area (Å²) in [4.78, 5) is 17.3. The third-order valence-corrected chi connectivity index (χ3v) is 6.94. The highest BCUT2D eigenvalue weighted by Gasteiger charge is 2.59. The Morgan fingerprint density at radius 3 is 1.70 bits per heavy atom. The number of carbonyl (C=O) groups is 1. The summed E-state index contributed by atoms with van der Waals surface area (Å²) in [6.07, 6.45) is 0. The van der Waals surface area contributed by atoms with E-state index in [0.717, 1.165) is 14.5 Å². The highest BCUT2D eigenvalue weighted by atomic mass is 79.9. The van der Waals surface area contributed by atoms with E-state index in [0.29, 0.717) is 16.9 Å². The molecule has 1 aliphatic rings. The number of aliphatic hydroxyl groups is 1. The molecule has 2 atom stereocenters. The average Bonchev–Trinajstić information content (AvgIpc) is 3.09. The van der Waals surface area contributed by atoms with Crippen LogP contribution in [0.5, 0.6) is 0 Å². The van der Waals surface area contributed by atoms with Crippen LogP contribution in [-0.2, 0) is 5.72 Å². The van der Waals surface area contributed by atoms with Crippen molar-refractivity contribution in [2.45, 2.75) is 11.8 Å². The van der Waals surface area contributed by atoms with Gasteiger partial charge >= 0.3 is 6.03 Å². The Balaban J connectivity index is 1.79. The second kappa shape index (κ2) is 8.78. The molecule has 0 bridgehead atoms. The van der Waals surface area contributed by atoms with Crippen LogP contribution < -0.4 is 9.80 Å². The molecule has 164 valence electrons. The van der Waals surface area contributed by atoms with Crippen LogP contribution in [0.1, 0.15) is 17.2 Å². The van der Waals surface area contributed by atoms with Gasteiger partial charge in [0.25, 0.3) is 0 Å². The Bertz CT molecular complexity index is 1270. The van der Waals surface area contributed by atoms with E-state index >= 15 is 0 Å². The maximum Gasteiger partial charge on any atom is 0.332 e. The van der Waals surface area contributed by atoms with E-state index < -0.39 is 11.8 Å². The first-order chi connectivity index (χ1) is 16.0. The summed E-state index contributed by atoms with van der Waals surface area (Å²) in [6, 6.07) is 33.0. The molecule has 2 amide bonds. The lowest BCUT2D eigenvalue weighted by atomic mass is 9.88. The monoisotopic (exact) mass is 562 g/mol. The summed E-state index contributed by atoms with van der Waals surface area (Å²) in [5.41, 5.74) is 1.12. The third-order valence-electron chi connectivity index (χ3n) is 5.88. The molecule has 1 N–H and O–H groups in total. The van der Waals surface area contributed by atoms with E-state index in [1.165, 1.54) is 4.90 Å². The molecule has 0 saturated carbocycles. The van der Waals surface area contributed by atoms with Crippen molar-refractivity contribution in [2.75, 3.05) is 9.80 Å². The summed E-state index contributed by atoms with van der Waals surface area (Å²) in [5, 5.41) is 12.6. The largest absolute Gasteiger partial charge is 0.364 e. The first-order valence-corrected chi connectivity index (χ1v) is 12.1. The van der Waals surface area contributed by atoms with Gasteiger partial charge in [-0.1, -0.05) is 92.5 Å². The molecule has 0 radical (unpaired) electrons. The van der Waals surface area contributed by atoms with E-state index in [4.69, 9.17) is 0 Å². The fourth-order valence-corrected chi connectivity index (χ4v) is 4.94. The lowest BCUT2D eigenvalue weighted by molar-refractivity contribution is 0.0312. The van der Waals surface area contributed by atoms with Crippen LogP contribution in [0.15, 0.2) is 118 Å². The predicted octanol–water partition coefficient (Wildman–Crippen LogP) is 7.24. The number of hydrogen-bond acceptors (Lipinski definition) is 2. The topological polar surface area (TPSA) is 43.8 Å². The van der Waals surface area contributed by atoms with Crippen LogP contribution >= 0.6 is 31.9 Å². The van der Waals surface area contributed by atoms with Crippen molar-refractivity contribution in [1.29, 1.82) is 0 Å². The molecule has 2 unspecified atom stereocenters. The normalized spacial score (nSPS) is 20.3. The average molecular weight is 564 g/mol. The molecule has 4 aromatic rings. The van der Waals surface area contributed by atoms with Crippen molar-refractivity contribution in [1.82, 2.24) is 0 Å². The van der Waals surface area contributed by atoms with Crippen molar-refractivity contribution < 1.29 is 9.90 Å². The number of anilines is 2. The van der Waals surface area contributed by atoms with Gasteiger partial charge in [-0.05, 0) is 54.1 Å². The molecule has 1 heterocycles. The van der Waals surface area contributed by atoms with Crippen molar-refractivity contribution in [3.05, 3.63) is 129 Å². The van der Waals surface area contributed by atoms with Crippen LogP contribution in [0.3, 0.4) is 0 Å². The van der Waals surface area contributed by atoms with Crippen molar-refractivity contribution >= 4 is 49.3 Å². The minimum absolute atomic E-state index is 0.306. The Labute approximate surface area is 209 Å². The van der Waals surface area contributed by atoms with Gasteiger partial charge < -0.3 is 5.11 Å². The molecule has 4 nitrogen and oxygen atoms in total. The van der Waals surface area contributed by atoms with Crippen molar-refractivity contribution in [3.63, 3.8) is 0 Å². The zero-order valence-electron chi connectivity index (χ0n) is 17.5. The highest BCUT2D eigenvalue weighted by Crippen LogP contribution is 2.51. The van der Waals surface area contributed by atoms with E-state index in [9.17, 15) is 9.90 Å². The quantitative estimate of drug-likeness (QED) is 0.284. The van der Waals surface area contributed by atoms with E-state index in [-0.39, 0.29) is 6.03 Å². The van der Waals surface area contributed by atoms with Gasteiger partial charge in [0.1, 0.15) is 6.04 Å². The lowest BCUT2D eigenvalue weighted by Gasteiger charge is -2.37. The molecule has 1 aliphatic heterocycles. The lowest BCUT2D eigenvalue weighted by Crippen LogP contribution is -2.46. The molecule has 1 fully saturated rings. The van der Waals surface area contributed by atoms with Gasteiger partial charge in [-0.2, -0.15) is 0 Å². The first kappa shape index (κ1) is 21.9. The molecule has 0 aliphatic carbocycles. The minimum Gasteiger partial charge on any atom is -0.364 e. The SMILES string of the molecule is O=C1N(c2ccc(Br)cc2)C(c2ccccc2)C(O)(c2ccccc2)N1c1ccc(Br)cc1. The van der Waals surface area contributed by atoms with Crippen molar-refractivity contribution in [2.24, 2.45) is 0 Å². The van der Waals surface area contributed by atoms with Crippen LogP contribution in [0, 0.1) is 0 Å². The maximum absolute atomic E-state index is 14.1.